The summed E-state index contributed by atoms with van der Waals surface area (Å²) in [5.41, 5.74) is 0.340. The van der Waals surface area contributed by atoms with Crippen molar-refractivity contribution in [3.8, 4) is 17.1 Å². The third-order valence-electron chi connectivity index (χ3n) is 5.13. The summed E-state index contributed by atoms with van der Waals surface area (Å²) in [5, 5.41) is 2.93. The molecule has 0 saturated heterocycles. The van der Waals surface area contributed by atoms with E-state index in [1.54, 1.807) is 47.0 Å². The van der Waals surface area contributed by atoms with Crippen LogP contribution in [0.4, 0.5) is 18.9 Å². The van der Waals surface area contributed by atoms with Crippen molar-refractivity contribution in [1.82, 2.24) is 9.55 Å². The molecular formula is C25H20F3N3O3. The van der Waals surface area contributed by atoms with Crippen LogP contribution in [-0.4, -0.2) is 22.1 Å². The number of amides is 1. The first-order valence-electron chi connectivity index (χ1n) is 10.5. The molecule has 0 spiro atoms. The number of ether oxygens (including phenoxy) is 1. The molecule has 0 saturated carbocycles. The van der Waals surface area contributed by atoms with Crippen molar-refractivity contribution in [3.63, 3.8) is 0 Å². The van der Waals surface area contributed by atoms with Crippen LogP contribution in [-0.2, 0) is 17.5 Å². The fourth-order valence-electron chi connectivity index (χ4n) is 3.50. The first-order chi connectivity index (χ1) is 16.3. The van der Waals surface area contributed by atoms with Gasteiger partial charge >= 0.3 is 6.18 Å². The highest BCUT2D eigenvalue weighted by molar-refractivity contribution is 5.92. The molecule has 174 valence electrons. The number of aromatic nitrogens is 2. The van der Waals surface area contributed by atoms with Gasteiger partial charge in [0.1, 0.15) is 11.6 Å². The zero-order valence-corrected chi connectivity index (χ0v) is 18.1. The molecule has 6 nitrogen and oxygen atoms in total. The van der Waals surface area contributed by atoms with E-state index in [0.29, 0.717) is 34.6 Å². The number of hydrogen-bond donors (Lipinski definition) is 1. The number of benzene rings is 3. The summed E-state index contributed by atoms with van der Waals surface area (Å²) in [6, 6.07) is 18.2. The summed E-state index contributed by atoms with van der Waals surface area (Å²) in [7, 11) is 0. The first-order valence-corrected chi connectivity index (χ1v) is 10.5. The molecule has 1 aromatic heterocycles. The monoisotopic (exact) mass is 467 g/mol. The van der Waals surface area contributed by atoms with Gasteiger partial charge in [-0.15, -0.1) is 0 Å². The Morgan fingerprint density at radius 2 is 1.76 bits per heavy atom. The van der Waals surface area contributed by atoms with Crippen molar-refractivity contribution in [2.24, 2.45) is 0 Å². The minimum Gasteiger partial charge on any atom is -0.484 e. The number of anilines is 1. The van der Waals surface area contributed by atoms with Crippen LogP contribution in [0.15, 0.2) is 77.6 Å². The van der Waals surface area contributed by atoms with Crippen molar-refractivity contribution < 1.29 is 22.7 Å². The molecule has 0 radical (unpaired) electrons. The number of para-hydroxylation sites is 1. The number of carbonyl (C=O) groups excluding carboxylic acids is 1. The Kier molecular flexibility index (Phi) is 6.36. The molecule has 4 rings (SSSR count). The molecule has 0 bridgehead atoms. The van der Waals surface area contributed by atoms with Gasteiger partial charge in [0.05, 0.1) is 16.5 Å². The molecule has 1 N–H and O–H groups in total. The lowest BCUT2D eigenvalue weighted by Crippen LogP contribution is -2.22. The Morgan fingerprint density at radius 3 is 2.47 bits per heavy atom. The van der Waals surface area contributed by atoms with Gasteiger partial charge in [-0.25, -0.2) is 4.98 Å². The Labute approximate surface area is 192 Å². The van der Waals surface area contributed by atoms with E-state index >= 15 is 0 Å². The molecule has 34 heavy (non-hydrogen) atoms. The topological polar surface area (TPSA) is 73.2 Å². The van der Waals surface area contributed by atoms with Gasteiger partial charge < -0.3 is 10.1 Å². The van der Waals surface area contributed by atoms with E-state index in [1.807, 2.05) is 13.0 Å². The summed E-state index contributed by atoms with van der Waals surface area (Å²) < 4.78 is 45.5. The van der Waals surface area contributed by atoms with Crippen LogP contribution in [0.5, 0.6) is 5.75 Å². The molecule has 0 aliphatic rings. The molecule has 4 aromatic rings. The van der Waals surface area contributed by atoms with Crippen molar-refractivity contribution >= 4 is 22.5 Å². The predicted molar refractivity (Wildman–Crippen MR) is 123 cm³/mol. The number of rotatable bonds is 6. The highest BCUT2D eigenvalue weighted by Crippen LogP contribution is 2.30. The van der Waals surface area contributed by atoms with Gasteiger partial charge in [0.2, 0.25) is 0 Å². The smallest absolute Gasteiger partial charge is 0.416 e. The van der Waals surface area contributed by atoms with Crippen molar-refractivity contribution in [2.45, 2.75) is 19.6 Å². The highest BCUT2D eigenvalue weighted by Gasteiger charge is 2.30. The molecule has 9 heteroatoms. The minimum atomic E-state index is -4.50. The van der Waals surface area contributed by atoms with Crippen molar-refractivity contribution in [3.05, 3.63) is 88.7 Å². The van der Waals surface area contributed by atoms with E-state index in [-0.39, 0.29) is 17.9 Å². The van der Waals surface area contributed by atoms with Gasteiger partial charge in [-0.3, -0.25) is 14.2 Å². The van der Waals surface area contributed by atoms with Gasteiger partial charge in [0.15, 0.2) is 6.61 Å². The zero-order chi connectivity index (χ0) is 24.3. The second-order valence-electron chi connectivity index (χ2n) is 7.44. The van der Waals surface area contributed by atoms with E-state index < -0.39 is 17.6 Å². The summed E-state index contributed by atoms with van der Waals surface area (Å²) in [5.74, 6) is 0.300. The second kappa shape index (κ2) is 9.38. The van der Waals surface area contributed by atoms with Crippen molar-refractivity contribution in [2.75, 3.05) is 11.9 Å². The summed E-state index contributed by atoms with van der Waals surface area (Å²) >= 11 is 0. The number of fused-ring (bicyclic) bond motifs is 1. The summed E-state index contributed by atoms with van der Waals surface area (Å²) in [6.45, 7) is 1.92. The third-order valence-corrected chi connectivity index (χ3v) is 5.13. The Bertz CT molecular complexity index is 1400. The standard InChI is InChI=1S/C25H20F3N3O3/c1-2-31-23(30-21-9-4-3-8-20(21)24(31)33)16-10-12-19(13-11-16)34-15-22(32)29-18-7-5-6-17(14-18)25(26,27)28/h3-14H,2,15H2,1H3,(H,29,32). The Morgan fingerprint density at radius 1 is 1.03 bits per heavy atom. The quantitative estimate of drug-likeness (QED) is 0.427. The van der Waals surface area contributed by atoms with Crippen LogP contribution in [0, 0.1) is 0 Å². The maximum atomic E-state index is 12.8. The van der Waals surface area contributed by atoms with Crippen molar-refractivity contribution in [1.29, 1.82) is 0 Å². The van der Waals surface area contributed by atoms with E-state index in [4.69, 9.17) is 4.74 Å². The molecule has 0 aliphatic heterocycles. The van der Waals surface area contributed by atoms with Crippen LogP contribution in [0.1, 0.15) is 12.5 Å². The third kappa shape index (κ3) is 4.93. The molecular weight excluding hydrogens is 447 g/mol. The van der Waals surface area contributed by atoms with E-state index in [2.05, 4.69) is 10.3 Å². The molecule has 3 aromatic carbocycles. The fourth-order valence-corrected chi connectivity index (χ4v) is 3.50. The molecule has 1 heterocycles. The number of carbonyl (C=O) groups is 1. The normalized spacial score (nSPS) is 11.4. The van der Waals surface area contributed by atoms with Gasteiger partial charge in [0, 0.05) is 17.8 Å². The van der Waals surface area contributed by atoms with Gasteiger partial charge in [-0.05, 0) is 61.5 Å². The average molecular weight is 467 g/mol. The van der Waals surface area contributed by atoms with Crippen LogP contribution >= 0.6 is 0 Å². The minimum absolute atomic E-state index is 0.0266. The molecule has 1 amide bonds. The number of nitrogens with one attached hydrogen (secondary N) is 1. The van der Waals surface area contributed by atoms with Crippen LogP contribution < -0.4 is 15.6 Å². The first kappa shape index (κ1) is 23.0. The maximum Gasteiger partial charge on any atom is 0.416 e. The molecule has 0 fully saturated rings. The van der Waals surface area contributed by atoms with Gasteiger partial charge in [-0.2, -0.15) is 13.2 Å². The van der Waals surface area contributed by atoms with E-state index in [0.717, 1.165) is 12.1 Å². The zero-order valence-electron chi connectivity index (χ0n) is 18.1. The Hall–Kier alpha value is -4.14. The number of nitrogens with zero attached hydrogens (tertiary/aromatic N) is 2. The fraction of sp³-hybridized carbons (Fsp3) is 0.160. The Balaban J connectivity index is 1.46. The summed E-state index contributed by atoms with van der Waals surface area (Å²) in [6.07, 6.45) is -4.50. The van der Waals surface area contributed by atoms with Gasteiger partial charge in [-0.1, -0.05) is 18.2 Å². The SMILES string of the molecule is CCn1c(-c2ccc(OCC(=O)Nc3cccc(C(F)(F)F)c3)cc2)nc2ccccc2c1=O. The molecule has 0 atom stereocenters. The number of hydrogen-bond acceptors (Lipinski definition) is 4. The summed E-state index contributed by atoms with van der Waals surface area (Å²) in [4.78, 5) is 29.6. The molecule has 0 unspecified atom stereocenters. The largest absolute Gasteiger partial charge is 0.484 e. The lowest BCUT2D eigenvalue weighted by atomic mass is 10.1. The van der Waals surface area contributed by atoms with E-state index in [1.165, 1.54) is 12.1 Å². The van der Waals surface area contributed by atoms with E-state index in [9.17, 15) is 22.8 Å². The van der Waals surface area contributed by atoms with Crippen LogP contribution in [0.2, 0.25) is 0 Å². The maximum absolute atomic E-state index is 12.8. The highest BCUT2D eigenvalue weighted by atomic mass is 19.4. The lowest BCUT2D eigenvalue weighted by Gasteiger charge is -2.13. The lowest BCUT2D eigenvalue weighted by molar-refractivity contribution is -0.137. The second-order valence-corrected chi connectivity index (χ2v) is 7.44. The average Bonchev–Trinajstić information content (AvgIpc) is 2.83. The molecule has 0 aliphatic carbocycles. The van der Waals surface area contributed by atoms with Crippen LogP contribution in [0.25, 0.3) is 22.3 Å². The number of alkyl halides is 3. The van der Waals surface area contributed by atoms with Crippen LogP contribution in [0.3, 0.4) is 0 Å². The van der Waals surface area contributed by atoms with Gasteiger partial charge in [0.25, 0.3) is 11.5 Å². The number of halogens is 3. The predicted octanol–water partition coefficient (Wildman–Crippen LogP) is 5.12.